The molecule has 0 saturated carbocycles. The number of aryl methyl sites for hydroxylation is 1. The second-order valence-corrected chi connectivity index (χ2v) is 7.36. The summed E-state index contributed by atoms with van der Waals surface area (Å²) in [7, 11) is 1.54. The van der Waals surface area contributed by atoms with Crippen LogP contribution in [0.4, 0.5) is 0 Å². The molecule has 30 heavy (non-hydrogen) atoms. The molecule has 2 aromatic carbocycles. The third kappa shape index (κ3) is 3.72. The number of hydrogen-bond donors (Lipinski definition) is 2. The van der Waals surface area contributed by atoms with Crippen LogP contribution in [0.3, 0.4) is 0 Å². The van der Waals surface area contributed by atoms with Gasteiger partial charge in [-0.25, -0.2) is 0 Å². The Labute approximate surface area is 173 Å². The van der Waals surface area contributed by atoms with E-state index >= 15 is 0 Å². The number of methoxy groups -OCH3 is 1. The summed E-state index contributed by atoms with van der Waals surface area (Å²) in [5.41, 5.74) is 10.2. The molecule has 0 aliphatic heterocycles. The first-order valence-electron chi connectivity index (χ1n) is 9.68. The van der Waals surface area contributed by atoms with Gasteiger partial charge < -0.3 is 20.0 Å². The van der Waals surface area contributed by atoms with Crippen molar-refractivity contribution in [3.63, 3.8) is 0 Å². The van der Waals surface area contributed by atoms with Crippen molar-refractivity contribution >= 4 is 16.8 Å². The summed E-state index contributed by atoms with van der Waals surface area (Å²) >= 11 is 0. The van der Waals surface area contributed by atoms with Gasteiger partial charge in [-0.2, -0.15) is 0 Å². The number of carbonyl (C=O) groups excluding carboxylic acids is 1. The molecule has 0 atom stereocenters. The third-order valence-corrected chi connectivity index (χ3v) is 5.29. The normalized spacial score (nSPS) is 11.0. The Balaban J connectivity index is 1.81. The molecule has 0 radical (unpaired) electrons. The van der Waals surface area contributed by atoms with Crippen LogP contribution < -0.4 is 16.0 Å². The van der Waals surface area contributed by atoms with Gasteiger partial charge in [0.25, 0.3) is 5.56 Å². The summed E-state index contributed by atoms with van der Waals surface area (Å²) in [5, 5.41) is 0.733. The largest absolute Gasteiger partial charge is 0.497 e. The van der Waals surface area contributed by atoms with Gasteiger partial charge in [0.15, 0.2) is 0 Å². The van der Waals surface area contributed by atoms with Gasteiger partial charge in [-0.3, -0.25) is 9.59 Å². The minimum atomic E-state index is -0.519. The number of nitrogens with one attached hydrogen (secondary N) is 1. The zero-order chi connectivity index (χ0) is 21.3. The zero-order valence-corrected chi connectivity index (χ0v) is 16.9. The van der Waals surface area contributed by atoms with E-state index in [1.165, 1.54) is 0 Å². The lowest BCUT2D eigenvalue weighted by Crippen LogP contribution is -2.19. The highest BCUT2D eigenvalue weighted by Gasteiger charge is 2.15. The van der Waals surface area contributed by atoms with Crippen molar-refractivity contribution in [2.24, 2.45) is 5.73 Å². The second kappa shape index (κ2) is 7.91. The minimum absolute atomic E-state index is 0.110. The van der Waals surface area contributed by atoms with Crippen LogP contribution in [0.2, 0.25) is 0 Å². The summed E-state index contributed by atoms with van der Waals surface area (Å²) in [5.74, 6) is 0.0215. The predicted octanol–water partition coefficient (Wildman–Crippen LogP) is 3.38. The number of benzene rings is 2. The van der Waals surface area contributed by atoms with Crippen molar-refractivity contribution in [2.75, 3.05) is 7.11 Å². The van der Waals surface area contributed by atoms with Gasteiger partial charge in [-0.1, -0.05) is 30.3 Å². The number of ether oxygens (including phenoxy) is 1. The molecule has 0 saturated heterocycles. The molecule has 2 aromatic heterocycles. The molecule has 4 rings (SSSR count). The molecule has 3 N–H and O–H groups in total. The van der Waals surface area contributed by atoms with E-state index in [1.54, 1.807) is 13.2 Å². The first kappa shape index (κ1) is 19.5. The zero-order valence-electron chi connectivity index (χ0n) is 16.9. The lowest BCUT2D eigenvalue weighted by atomic mass is 10.00. The van der Waals surface area contributed by atoms with Crippen molar-refractivity contribution in [2.45, 2.75) is 19.9 Å². The number of H-pyrrole nitrogens is 1. The first-order valence-corrected chi connectivity index (χ1v) is 9.68. The summed E-state index contributed by atoms with van der Waals surface area (Å²) in [4.78, 5) is 27.7. The highest BCUT2D eigenvalue weighted by atomic mass is 16.5. The first-order chi connectivity index (χ1) is 14.5. The Kier molecular flexibility index (Phi) is 5.14. The molecular weight excluding hydrogens is 378 g/mol. The molecule has 1 amide bonds. The fourth-order valence-electron chi connectivity index (χ4n) is 3.83. The lowest BCUT2D eigenvalue weighted by Gasteiger charge is -2.13. The van der Waals surface area contributed by atoms with E-state index in [1.807, 2.05) is 54.1 Å². The van der Waals surface area contributed by atoms with E-state index in [9.17, 15) is 9.59 Å². The molecule has 6 heteroatoms. The molecule has 0 fully saturated rings. The van der Waals surface area contributed by atoms with E-state index < -0.39 is 5.91 Å². The van der Waals surface area contributed by atoms with Crippen LogP contribution in [0.1, 0.15) is 32.7 Å². The van der Waals surface area contributed by atoms with Crippen LogP contribution in [0, 0.1) is 6.92 Å². The number of nitrogens with two attached hydrogens (primary N) is 1. The fourth-order valence-corrected chi connectivity index (χ4v) is 3.83. The Morgan fingerprint density at radius 3 is 2.60 bits per heavy atom. The van der Waals surface area contributed by atoms with Gasteiger partial charge in [-0.05, 0) is 42.7 Å². The van der Waals surface area contributed by atoms with E-state index in [2.05, 4.69) is 17.1 Å². The molecule has 4 aromatic rings. The Morgan fingerprint density at radius 1 is 1.13 bits per heavy atom. The SMILES string of the molecule is COc1cc(C(N)=O)c2ccn(Cc3c(Cc4ccccc4)cc(C)[nH]c3=O)c2c1. The summed E-state index contributed by atoms with van der Waals surface area (Å²) in [6.45, 7) is 2.25. The van der Waals surface area contributed by atoms with Gasteiger partial charge in [0, 0.05) is 28.9 Å². The Bertz CT molecular complexity index is 1290. The maximum atomic E-state index is 12.8. The van der Waals surface area contributed by atoms with Crippen molar-refractivity contribution in [3.8, 4) is 5.75 Å². The van der Waals surface area contributed by atoms with Gasteiger partial charge in [-0.15, -0.1) is 0 Å². The number of pyridine rings is 1. The molecule has 0 aliphatic rings. The number of fused-ring (bicyclic) bond motifs is 1. The fraction of sp³-hybridized carbons (Fsp3) is 0.167. The standard InChI is InChI=1S/C24H23N3O3/c1-15-10-17(11-16-6-4-3-5-7-16)21(24(29)26-15)14-27-9-8-19-20(23(25)28)12-18(30-2)13-22(19)27/h3-10,12-13H,11,14H2,1-2H3,(H2,25,28)(H,26,29). The topological polar surface area (TPSA) is 90.1 Å². The highest BCUT2D eigenvalue weighted by molar-refractivity contribution is 6.06. The number of carbonyl (C=O) groups is 1. The maximum Gasteiger partial charge on any atom is 0.253 e. The van der Waals surface area contributed by atoms with Gasteiger partial charge in [0.2, 0.25) is 5.91 Å². The van der Waals surface area contributed by atoms with Crippen molar-refractivity contribution < 1.29 is 9.53 Å². The molecule has 6 nitrogen and oxygen atoms in total. The van der Waals surface area contributed by atoms with Crippen LogP contribution in [0.5, 0.6) is 5.75 Å². The molecule has 0 unspecified atom stereocenters. The molecule has 0 spiro atoms. The third-order valence-electron chi connectivity index (χ3n) is 5.29. The Hall–Kier alpha value is -3.80. The van der Waals surface area contributed by atoms with Crippen LogP contribution in [-0.4, -0.2) is 22.6 Å². The van der Waals surface area contributed by atoms with Gasteiger partial charge in [0.1, 0.15) is 5.75 Å². The van der Waals surface area contributed by atoms with Crippen LogP contribution in [0.15, 0.2) is 65.6 Å². The number of primary amides is 1. The quantitative estimate of drug-likeness (QED) is 0.519. The maximum absolute atomic E-state index is 12.8. The summed E-state index contributed by atoms with van der Waals surface area (Å²) in [6, 6.07) is 17.4. The van der Waals surface area contributed by atoms with E-state index in [0.29, 0.717) is 29.8 Å². The van der Waals surface area contributed by atoms with Crippen LogP contribution in [0.25, 0.3) is 10.9 Å². The number of hydrogen-bond acceptors (Lipinski definition) is 3. The van der Waals surface area contributed by atoms with Crippen molar-refractivity contribution in [1.29, 1.82) is 0 Å². The summed E-state index contributed by atoms with van der Waals surface area (Å²) in [6.07, 6.45) is 2.53. The molecule has 152 valence electrons. The number of amides is 1. The number of aromatic amines is 1. The summed E-state index contributed by atoms with van der Waals surface area (Å²) < 4.78 is 7.28. The monoisotopic (exact) mass is 401 g/mol. The second-order valence-electron chi connectivity index (χ2n) is 7.36. The Morgan fingerprint density at radius 2 is 1.90 bits per heavy atom. The van der Waals surface area contributed by atoms with Crippen molar-refractivity contribution in [3.05, 3.63) is 99.1 Å². The minimum Gasteiger partial charge on any atom is -0.497 e. The van der Waals surface area contributed by atoms with Gasteiger partial charge >= 0.3 is 0 Å². The smallest absolute Gasteiger partial charge is 0.253 e. The number of aromatic nitrogens is 2. The predicted molar refractivity (Wildman–Crippen MR) is 117 cm³/mol. The van der Waals surface area contributed by atoms with Crippen LogP contribution >= 0.6 is 0 Å². The van der Waals surface area contributed by atoms with Crippen LogP contribution in [-0.2, 0) is 13.0 Å². The molecule has 0 bridgehead atoms. The molecule has 0 aliphatic carbocycles. The van der Waals surface area contributed by atoms with Gasteiger partial charge in [0.05, 0.1) is 24.7 Å². The van der Waals surface area contributed by atoms with E-state index in [0.717, 1.165) is 27.7 Å². The molecular formula is C24H23N3O3. The average molecular weight is 401 g/mol. The van der Waals surface area contributed by atoms with Crippen molar-refractivity contribution in [1.82, 2.24) is 9.55 Å². The number of nitrogens with zero attached hydrogens (tertiary/aromatic N) is 1. The van der Waals surface area contributed by atoms with E-state index in [-0.39, 0.29) is 5.56 Å². The average Bonchev–Trinajstić information content (AvgIpc) is 3.13. The van der Waals surface area contributed by atoms with E-state index in [4.69, 9.17) is 10.5 Å². The highest BCUT2D eigenvalue weighted by Crippen LogP contribution is 2.27. The lowest BCUT2D eigenvalue weighted by molar-refractivity contribution is 0.100. The number of rotatable bonds is 6. The molecule has 2 heterocycles.